The van der Waals surface area contributed by atoms with E-state index >= 15 is 0 Å². The quantitative estimate of drug-likeness (QED) is 0.475. The molecule has 0 unspecified atom stereocenters. The van der Waals surface area contributed by atoms with Crippen LogP contribution in [0.5, 0.6) is 0 Å². The summed E-state index contributed by atoms with van der Waals surface area (Å²) >= 11 is 9.11. The second-order valence-electron chi connectivity index (χ2n) is 1.93. The zero-order valence-electron chi connectivity index (χ0n) is 6.63. The first-order valence-electron chi connectivity index (χ1n) is 3.61. The van der Waals surface area contributed by atoms with Gasteiger partial charge in [0.05, 0.1) is 13.2 Å². The summed E-state index contributed by atoms with van der Waals surface area (Å²) in [6.45, 7) is 0.716. The minimum Gasteiger partial charge on any atom is -0.268 e. The molecule has 0 aromatic carbocycles. The lowest BCUT2D eigenvalue weighted by Gasteiger charge is -2.01. The highest BCUT2D eigenvalue weighted by molar-refractivity contribution is 7.75. The summed E-state index contributed by atoms with van der Waals surface area (Å²) in [5, 5.41) is 0. The first-order valence-corrected chi connectivity index (χ1v) is 5.68. The molecule has 3 nitrogen and oxygen atoms in total. The van der Waals surface area contributed by atoms with Crippen LogP contribution in [0.2, 0.25) is 0 Å². The van der Waals surface area contributed by atoms with Crippen molar-refractivity contribution in [3.63, 3.8) is 0 Å². The summed E-state index contributed by atoms with van der Waals surface area (Å²) in [6.07, 6.45) is 1.35. The summed E-state index contributed by atoms with van der Waals surface area (Å²) in [5.41, 5.74) is 0. The standard InChI is InChI=1S/C6H12Cl2O3S/c7-3-1-5-10-12(9)11-6-2-4-8/h1-6H2. The highest BCUT2D eigenvalue weighted by Gasteiger charge is 1.99. The molecule has 0 aromatic heterocycles. The van der Waals surface area contributed by atoms with Crippen molar-refractivity contribution >= 4 is 34.6 Å². The second-order valence-corrected chi connectivity index (χ2v) is 3.57. The van der Waals surface area contributed by atoms with Crippen LogP contribution in [0.3, 0.4) is 0 Å². The maximum Gasteiger partial charge on any atom is 0.304 e. The van der Waals surface area contributed by atoms with Crippen molar-refractivity contribution in [1.29, 1.82) is 0 Å². The number of alkyl halides is 2. The highest BCUT2D eigenvalue weighted by atomic mass is 35.5. The van der Waals surface area contributed by atoms with Crippen molar-refractivity contribution in [1.82, 2.24) is 0 Å². The van der Waals surface area contributed by atoms with Crippen LogP contribution in [-0.4, -0.2) is 29.2 Å². The Hall–Kier alpha value is 0.650. The summed E-state index contributed by atoms with van der Waals surface area (Å²) in [7, 11) is 0. The molecule has 0 amide bonds. The molecule has 0 aliphatic carbocycles. The Morgan fingerprint density at radius 1 is 1.00 bits per heavy atom. The number of halogens is 2. The fourth-order valence-corrected chi connectivity index (χ4v) is 1.19. The van der Waals surface area contributed by atoms with Gasteiger partial charge >= 0.3 is 11.4 Å². The van der Waals surface area contributed by atoms with Crippen molar-refractivity contribution in [2.24, 2.45) is 0 Å². The Balaban J connectivity index is 3.10. The molecule has 0 atom stereocenters. The average molecular weight is 235 g/mol. The third kappa shape index (κ3) is 8.74. The fraction of sp³-hybridized carbons (Fsp3) is 1.00. The molecule has 0 aliphatic rings. The molecular weight excluding hydrogens is 223 g/mol. The summed E-state index contributed by atoms with van der Waals surface area (Å²) < 4.78 is 20.3. The van der Waals surface area contributed by atoms with Crippen molar-refractivity contribution in [3.05, 3.63) is 0 Å². The van der Waals surface area contributed by atoms with E-state index < -0.39 is 11.4 Å². The van der Waals surface area contributed by atoms with Crippen LogP contribution in [0, 0.1) is 0 Å². The monoisotopic (exact) mass is 234 g/mol. The van der Waals surface area contributed by atoms with Crippen LogP contribution in [0.4, 0.5) is 0 Å². The van der Waals surface area contributed by atoms with Gasteiger partial charge in [-0.1, -0.05) is 0 Å². The van der Waals surface area contributed by atoms with E-state index in [1.165, 1.54) is 0 Å². The smallest absolute Gasteiger partial charge is 0.268 e. The number of rotatable bonds is 8. The van der Waals surface area contributed by atoms with Gasteiger partial charge in [-0.2, -0.15) is 4.21 Å². The molecule has 0 heterocycles. The van der Waals surface area contributed by atoms with Crippen LogP contribution < -0.4 is 0 Å². The summed E-state index contributed by atoms with van der Waals surface area (Å²) in [6, 6.07) is 0. The fourth-order valence-electron chi connectivity index (χ4n) is 0.397. The molecule has 0 bridgehead atoms. The van der Waals surface area contributed by atoms with E-state index in [0.717, 1.165) is 0 Å². The van der Waals surface area contributed by atoms with Gasteiger partial charge in [0, 0.05) is 11.8 Å². The van der Waals surface area contributed by atoms with E-state index in [1.807, 2.05) is 0 Å². The Morgan fingerprint density at radius 3 is 1.75 bits per heavy atom. The Kier molecular flexibility index (Phi) is 10.3. The molecule has 0 radical (unpaired) electrons. The maximum atomic E-state index is 10.8. The first kappa shape index (κ1) is 12.7. The van der Waals surface area contributed by atoms with Crippen LogP contribution in [0.25, 0.3) is 0 Å². The average Bonchev–Trinajstić information content (AvgIpc) is 2.06. The molecule has 0 fully saturated rings. The Morgan fingerprint density at radius 2 is 1.42 bits per heavy atom. The molecule has 0 aromatic rings. The van der Waals surface area contributed by atoms with Crippen molar-refractivity contribution in [2.45, 2.75) is 12.8 Å². The van der Waals surface area contributed by atoms with Crippen molar-refractivity contribution in [3.8, 4) is 0 Å². The zero-order chi connectivity index (χ0) is 9.23. The SMILES string of the molecule is O=S(OCCCCl)OCCCCl. The largest absolute Gasteiger partial charge is 0.304 e. The van der Waals surface area contributed by atoms with E-state index in [9.17, 15) is 4.21 Å². The molecule has 0 aliphatic heterocycles. The van der Waals surface area contributed by atoms with Gasteiger partial charge in [0.25, 0.3) is 0 Å². The minimum atomic E-state index is -1.64. The molecule has 0 saturated carbocycles. The normalized spacial score (nSPS) is 10.9. The molecule has 0 N–H and O–H groups in total. The van der Waals surface area contributed by atoms with Gasteiger partial charge in [0.15, 0.2) is 0 Å². The van der Waals surface area contributed by atoms with E-state index in [-0.39, 0.29) is 0 Å². The number of hydrogen-bond donors (Lipinski definition) is 0. The Bertz CT molecular complexity index is 111. The van der Waals surface area contributed by atoms with E-state index in [1.54, 1.807) is 0 Å². The molecule has 0 rings (SSSR count). The lowest BCUT2D eigenvalue weighted by atomic mass is 10.5. The van der Waals surface area contributed by atoms with Gasteiger partial charge in [0.1, 0.15) is 0 Å². The van der Waals surface area contributed by atoms with Gasteiger partial charge < -0.3 is 0 Å². The van der Waals surface area contributed by atoms with Gasteiger partial charge in [-0.15, -0.1) is 23.2 Å². The van der Waals surface area contributed by atoms with Crippen LogP contribution in [0.1, 0.15) is 12.8 Å². The lowest BCUT2D eigenvalue weighted by Crippen LogP contribution is -2.05. The maximum absolute atomic E-state index is 10.8. The lowest BCUT2D eigenvalue weighted by molar-refractivity contribution is 0.250. The summed E-state index contributed by atoms with van der Waals surface area (Å²) in [4.78, 5) is 0. The highest BCUT2D eigenvalue weighted by Crippen LogP contribution is 1.95. The van der Waals surface area contributed by atoms with Gasteiger partial charge in [-0.3, -0.25) is 8.37 Å². The van der Waals surface area contributed by atoms with Gasteiger partial charge in [-0.25, -0.2) is 0 Å². The second kappa shape index (κ2) is 9.74. The minimum absolute atomic E-state index is 0.358. The van der Waals surface area contributed by atoms with Crippen molar-refractivity contribution < 1.29 is 12.6 Å². The molecule has 0 saturated heterocycles. The third-order valence-corrected chi connectivity index (χ3v) is 2.17. The Labute approximate surface area is 85.2 Å². The van der Waals surface area contributed by atoms with E-state index in [4.69, 9.17) is 31.6 Å². The predicted octanol–water partition coefficient (Wildman–Crippen LogP) is 1.86. The third-order valence-electron chi connectivity index (χ3n) is 0.915. The first-order chi connectivity index (χ1) is 5.81. The molecule has 74 valence electrons. The summed E-state index contributed by atoms with van der Waals surface area (Å²) in [5.74, 6) is 0.998. The van der Waals surface area contributed by atoms with E-state index in [2.05, 4.69) is 0 Å². The zero-order valence-corrected chi connectivity index (χ0v) is 8.96. The van der Waals surface area contributed by atoms with Crippen molar-refractivity contribution in [2.75, 3.05) is 25.0 Å². The molecular formula is C6H12Cl2O3S. The van der Waals surface area contributed by atoms with Gasteiger partial charge in [-0.05, 0) is 12.8 Å². The molecule has 0 spiro atoms. The molecule has 12 heavy (non-hydrogen) atoms. The number of hydrogen-bond acceptors (Lipinski definition) is 3. The van der Waals surface area contributed by atoms with Gasteiger partial charge in [0.2, 0.25) is 0 Å². The van der Waals surface area contributed by atoms with Crippen LogP contribution in [0.15, 0.2) is 0 Å². The van der Waals surface area contributed by atoms with Crippen LogP contribution >= 0.6 is 23.2 Å². The van der Waals surface area contributed by atoms with E-state index in [0.29, 0.717) is 37.8 Å². The molecule has 6 heteroatoms. The van der Waals surface area contributed by atoms with Crippen LogP contribution in [-0.2, 0) is 19.7 Å². The topological polar surface area (TPSA) is 35.5 Å². The predicted molar refractivity (Wildman–Crippen MR) is 50.7 cm³/mol.